The van der Waals surface area contributed by atoms with Crippen LogP contribution >= 0.6 is 0 Å². The van der Waals surface area contributed by atoms with E-state index >= 15 is 0 Å². The average Bonchev–Trinajstić information content (AvgIpc) is 2.63. The number of nitrogens with zero attached hydrogens (tertiary/aromatic N) is 6. The van der Waals surface area contributed by atoms with Gasteiger partial charge in [0.1, 0.15) is 5.60 Å². The number of morpholine rings is 1. The van der Waals surface area contributed by atoms with Crippen molar-refractivity contribution in [2.75, 3.05) is 42.6 Å². The van der Waals surface area contributed by atoms with Gasteiger partial charge in [0.25, 0.3) is 0 Å². The summed E-state index contributed by atoms with van der Waals surface area (Å²) in [4.78, 5) is 13.3. The van der Waals surface area contributed by atoms with E-state index in [0.29, 0.717) is 6.61 Å². The van der Waals surface area contributed by atoms with Crippen LogP contribution in [0.4, 0.5) is 11.8 Å². The van der Waals surface area contributed by atoms with Crippen molar-refractivity contribution in [2.24, 2.45) is 0 Å². The molecule has 1 atom stereocenters. The average molecular weight is 326 g/mol. The van der Waals surface area contributed by atoms with E-state index in [0.717, 1.165) is 56.5 Å². The number of piperidine rings is 1. The highest BCUT2D eigenvalue weighted by Gasteiger charge is 2.41. The van der Waals surface area contributed by atoms with Gasteiger partial charge in [-0.05, 0) is 38.0 Å². The Morgan fingerprint density at radius 3 is 2.67 bits per heavy atom. The standard InChI is InChI=1S/C17H22N6O/c1-14-4-5-15(21-20-14)22-9-2-6-17(12-22)13-23(10-11-24-17)16-18-7-3-8-19-16/h3-5,7-8H,2,6,9-13H2,1H3/t17-/m1/s1. The fourth-order valence-corrected chi connectivity index (χ4v) is 3.57. The minimum atomic E-state index is -0.192. The summed E-state index contributed by atoms with van der Waals surface area (Å²) in [5, 5.41) is 8.53. The summed E-state index contributed by atoms with van der Waals surface area (Å²) in [6.45, 7) is 6.11. The van der Waals surface area contributed by atoms with Crippen molar-refractivity contribution >= 4 is 11.8 Å². The third-order valence-corrected chi connectivity index (χ3v) is 4.73. The fourth-order valence-electron chi connectivity index (χ4n) is 3.57. The third kappa shape index (κ3) is 3.03. The van der Waals surface area contributed by atoms with Crippen LogP contribution < -0.4 is 9.80 Å². The van der Waals surface area contributed by atoms with E-state index < -0.39 is 0 Å². The van der Waals surface area contributed by atoms with E-state index in [-0.39, 0.29) is 5.60 Å². The maximum absolute atomic E-state index is 6.25. The topological polar surface area (TPSA) is 67.3 Å². The second kappa shape index (κ2) is 6.32. The third-order valence-electron chi connectivity index (χ3n) is 4.73. The largest absolute Gasteiger partial charge is 0.369 e. The zero-order chi connectivity index (χ0) is 16.4. The molecule has 0 aromatic carbocycles. The number of aromatic nitrogens is 4. The smallest absolute Gasteiger partial charge is 0.225 e. The van der Waals surface area contributed by atoms with Gasteiger partial charge in [-0.2, -0.15) is 5.10 Å². The Balaban J connectivity index is 1.52. The Bertz CT molecular complexity index is 675. The molecule has 0 bridgehead atoms. The first-order chi connectivity index (χ1) is 11.7. The maximum Gasteiger partial charge on any atom is 0.225 e. The van der Waals surface area contributed by atoms with Crippen LogP contribution in [0.25, 0.3) is 0 Å². The van der Waals surface area contributed by atoms with Crippen LogP contribution in [0.15, 0.2) is 30.6 Å². The van der Waals surface area contributed by atoms with Crippen LogP contribution in [-0.4, -0.2) is 58.6 Å². The van der Waals surface area contributed by atoms with Crippen molar-refractivity contribution in [3.05, 3.63) is 36.3 Å². The second-order valence-electron chi connectivity index (χ2n) is 6.56. The van der Waals surface area contributed by atoms with Crippen molar-refractivity contribution in [3.63, 3.8) is 0 Å². The monoisotopic (exact) mass is 326 g/mol. The van der Waals surface area contributed by atoms with Crippen LogP contribution in [0.1, 0.15) is 18.5 Å². The van der Waals surface area contributed by atoms with Crippen LogP contribution in [0, 0.1) is 6.92 Å². The summed E-state index contributed by atoms with van der Waals surface area (Å²) in [5.74, 6) is 1.71. The first kappa shape index (κ1) is 15.3. The number of rotatable bonds is 2. The van der Waals surface area contributed by atoms with E-state index in [4.69, 9.17) is 4.74 Å². The molecule has 0 aliphatic carbocycles. The molecule has 0 N–H and O–H groups in total. The Labute approximate surface area is 141 Å². The van der Waals surface area contributed by atoms with Gasteiger partial charge in [-0.3, -0.25) is 0 Å². The van der Waals surface area contributed by atoms with Crippen molar-refractivity contribution in [1.29, 1.82) is 0 Å². The maximum atomic E-state index is 6.25. The van der Waals surface area contributed by atoms with Crippen molar-refractivity contribution in [3.8, 4) is 0 Å². The Morgan fingerprint density at radius 2 is 1.88 bits per heavy atom. The molecule has 24 heavy (non-hydrogen) atoms. The van der Waals surface area contributed by atoms with Crippen molar-refractivity contribution in [1.82, 2.24) is 20.2 Å². The zero-order valence-electron chi connectivity index (χ0n) is 13.9. The molecule has 126 valence electrons. The summed E-state index contributed by atoms with van der Waals surface area (Å²) < 4.78 is 6.25. The van der Waals surface area contributed by atoms with Crippen LogP contribution in [-0.2, 0) is 4.74 Å². The molecule has 0 saturated carbocycles. The molecule has 2 aliphatic rings. The second-order valence-corrected chi connectivity index (χ2v) is 6.56. The van der Waals surface area contributed by atoms with Gasteiger partial charge in [0.2, 0.25) is 5.95 Å². The van der Waals surface area contributed by atoms with Crippen LogP contribution in [0.2, 0.25) is 0 Å². The highest BCUT2D eigenvalue weighted by Crippen LogP contribution is 2.31. The van der Waals surface area contributed by atoms with Gasteiger partial charge in [0.15, 0.2) is 5.82 Å². The van der Waals surface area contributed by atoms with E-state index in [1.165, 1.54) is 0 Å². The quantitative estimate of drug-likeness (QED) is 0.827. The number of hydrogen-bond donors (Lipinski definition) is 0. The van der Waals surface area contributed by atoms with Gasteiger partial charge < -0.3 is 14.5 Å². The van der Waals surface area contributed by atoms with E-state index in [1.807, 2.05) is 25.1 Å². The van der Waals surface area contributed by atoms with Crippen molar-refractivity contribution < 1.29 is 4.74 Å². The van der Waals surface area contributed by atoms with Crippen LogP contribution in [0.3, 0.4) is 0 Å². The minimum Gasteiger partial charge on any atom is -0.369 e. The minimum absolute atomic E-state index is 0.192. The predicted molar refractivity (Wildman–Crippen MR) is 91.1 cm³/mol. The van der Waals surface area contributed by atoms with Gasteiger partial charge >= 0.3 is 0 Å². The molecule has 4 rings (SSSR count). The van der Waals surface area contributed by atoms with Crippen molar-refractivity contribution in [2.45, 2.75) is 25.4 Å². The molecule has 0 radical (unpaired) electrons. The lowest BCUT2D eigenvalue weighted by atomic mass is 9.90. The molecule has 7 nitrogen and oxygen atoms in total. The van der Waals surface area contributed by atoms with Gasteiger partial charge in [0, 0.05) is 25.5 Å². The molecule has 1 spiro atoms. The number of ether oxygens (including phenoxy) is 1. The highest BCUT2D eigenvalue weighted by molar-refractivity contribution is 5.40. The molecule has 0 unspecified atom stereocenters. The number of hydrogen-bond acceptors (Lipinski definition) is 7. The summed E-state index contributed by atoms with van der Waals surface area (Å²) in [6, 6.07) is 5.90. The van der Waals surface area contributed by atoms with Gasteiger partial charge in [-0.15, -0.1) is 5.10 Å². The highest BCUT2D eigenvalue weighted by atomic mass is 16.5. The molecule has 2 aromatic heterocycles. The Hall–Kier alpha value is -2.28. The zero-order valence-corrected chi connectivity index (χ0v) is 13.9. The lowest BCUT2D eigenvalue weighted by Crippen LogP contribution is -2.60. The van der Waals surface area contributed by atoms with Gasteiger partial charge in [-0.25, -0.2) is 9.97 Å². The van der Waals surface area contributed by atoms with Gasteiger partial charge in [0.05, 0.1) is 25.4 Å². The first-order valence-electron chi connectivity index (χ1n) is 8.45. The normalized spacial score (nSPS) is 24.4. The van der Waals surface area contributed by atoms with E-state index in [2.05, 4.69) is 30.0 Å². The van der Waals surface area contributed by atoms with Gasteiger partial charge in [-0.1, -0.05) is 0 Å². The first-order valence-corrected chi connectivity index (χ1v) is 8.45. The molecule has 0 amide bonds. The fraction of sp³-hybridized carbons (Fsp3) is 0.529. The Morgan fingerprint density at radius 1 is 1.04 bits per heavy atom. The summed E-state index contributed by atoms with van der Waals surface area (Å²) >= 11 is 0. The molecule has 2 aliphatic heterocycles. The van der Waals surface area contributed by atoms with E-state index in [9.17, 15) is 0 Å². The molecule has 2 saturated heterocycles. The Kier molecular flexibility index (Phi) is 4.02. The summed E-state index contributed by atoms with van der Waals surface area (Å²) in [5.41, 5.74) is 0.745. The summed E-state index contributed by atoms with van der Waals surface area (Å²) in [6.07, 6.45) is 5.71. The summed E-state index contributed by atoms with van der Waals surface area (Å²) in [7, 11) is 0. The van der Waals surface area contributed by atoms with E-state index in [1.54, 1.807) is 12.4 Å². The number of anilines is 2. The molecular formula is C17H22N6O. The molecule has 2 aromatic rings. The SMILES string of the molecule is Cc1ccc(N2CCC[C@@]3(C2)CN(c2ncccn2)CCO3)nn1. The molecule has 4 heterocycles. The molecular weight excluding hydrogens is 304 g/mol. The lowest BCUT2D eigenvalue weighted by molar-refractivity contribution is -0.0634. The van der Waals surface area contributed by atoms with Crippen LogP contribution in [0.5, 0.6) is 0 Å². The predicted octanol–water partition coefficient (Wildman–Crippen LogP) is 1.45. The molecule has 7 heteroatoms. The number of aryl methyl sites for hydroxylation is 1. The molecule has 2 fully saturated rings. The lowest BCUT2D eigenvalue weighted by Gasteiger charge is -2.48.